The molecule has 33 heavy (non-hydrogen) atoms. The minimum Gasteiger partial charge on any atom is -0.497 e. The topological polar surface area (TPSA) is 59.6 Å². The van der Waals surface area contributed by atoms with Crippen molar-refractivity contribution in [3.05, 3.63) is 95.2 Å². The van der Waals surface area contributed by atoms with Gasteiger partial charge < -0.3 is 20.1 Å². The number of hydrogen-bond donors (Lipinski definition) is 2. The molecule has 0 saturated heterocycles. The molecule has 0 aromatic heterocycles. The first kappa shape index (κ1) is 21.1. The Balaban J connectivity index is 1.54. The zero-order valence-electron chi connectivity index (χ0n) is 18.9. The van der Waals surface area contributed by atoms with Gasteiger partial charge in [0, 0.05) is 17.7 Å². The zero-order valence-corrected chi connectivity index (χ0v) is 18.9. The number of benzene rings is 3. The van der Waals surface area contributed by atoms with Gasteiger partial charge in [-0.2, -0.15) is 0 Å². The van der Waals surface area contributed by atoms with Crippen LogP contribution in [0, 0.1) is 0 Å². The molecule has 0 spiro atoms. The minimum atomic E-state index is -0.226. The predicted molar refractivity (Wildman–Crippen MR) is 131 cm³/mol. The van der Waals surface area contributed by atoms with Gasteiger partial charge in [-0.3, -0.25) is 4.79 Å². The number of Topliss-reactive ketones (excluding diaryl/α,β-unsaturated/α-hetero) is 1. The molecule has 2 atom stereocenters. The van der Waals surface area contributed by atoms with Crippen LogP contribution in [0.3, 0.4) is 0 Å². The summed E-state index contributed by atoms with van der Waals surface area (Å²) in [5.74, 6) is 1.95. The first-order valence-electron chi connectivity index (χ1n) is 11.4. The van der Waals surface area contributed by atoms with E-state index in [2.05, 4.69) is 28.8 Å². The monoisotopic (exact) mass is 440 g/mol. The summed E-state index contributed by atoms with van der Waals surface area (Å²) in [7, 11) is 1.66. The number of hydrogen-bond acceptors (Lipinski definition) is 5. The van der Waals surface area contributed by atoms with E-state index < -0.39 is 0 Å². The Morgan fingerprint density at radius 3 is 2.21 bits per heavy atom. The van der Waals surface area contributed by atoms with Gasteiger partial charge in [-0.25, -0.2) is 0 Å². The van der Waals surface area contributed by atoms with Crippen LogP contribution in [0.1, 0.15) is 42.9 Å². The number of anilines is 2. The maximum atomic E-state index is 13.6. The Kier molecular flexibility index (Phi) is 5.78. The SMILES string of the molecule is CCOc1ccc([C@@H]2Nc3ccccc3NC3=C2C(=O)C[C@@H](c2ccc(OC)cc2)C3)cc1. The first-order valence-corrected chi connectivity index (χ1v) is 11.4. The van der Waals surface area contributed by atoms with E-state index in [4.69, 9.17) is 9.47 Å². The van der Waals surface area contributed by atoms with Gasteiger partial charge in [0.25, 0.3) is 0 Å². The number of fused-ring (bicyclic) bond motifs is 1. The van der Waals surface area contributed by atoms with Gasteiger partial charge in [-0.05, 0) is 66.8 Å². The third-order valence-corrected chi connectivity index (χ3v) is 6.42. The van der Waals surface area contributed by atoms with E-state index in [0.29, 0.717) is 13.0 Å². The normalized spacial score (nSPS) is 19.5. The Hall–Kier alpha value is -3.73. The molecular formula is C28H28N2O3. The fourth-order valence-electron chi connectivity index (χ4n) is 4.78. The van der Waals surface area contributed by atoms with Gasteiger partial charge in [0.15, 0.2) is 5.78 Å². The van der Waals surface area contributed by atoms with Crippen LogP contribution in [-0.4, -0.2) is 19.5 Å². The summed E-state index contributed by atoms with van der Waals surface area (Å²) >= 11 is 0. The maximum Gasteiger partial charge on any atom is 0.163 e. The number of ether oxygens (including phenoxy) is 2. The van der Waals surface area contributed by atoms with E-state index in [-0.39, 0.29) is 17.7 Å². The molecule has 168 valence electrons. The number of nitrogens with one attached hydrogen (secondary N) is 2. The van der Waals surface area contributed by atoms with Crippen molar-refractivity contribution < 1.29 is 14.3 Å². The second-order valence-corrected chi connectivity index (χ2v) is 8.44. The molecule has 3 aromatic carbocycles. The molecule has 0 saturated carbocycles. The van der Waals surface area contributed by atoms with Gasteiger partial charge in [0.05, 0.1) is 31.1 Å². The van der Waals surface area contributed by atoms with Crippen LogP contribution in [0.25, 0.3) is 0 Å². The number of carbonyl (C=O) groups is 1. The van der Waals surface area contributed by atoms with Crippen molar-refractivity contribution in [2.24, 2.45) is 0 Å². The third-order valence-electron chi connectivity index (χ3n) is 6.42. The summed E-state index contributed by atoms with van der Waals surface area (Å²) in [5, 5.41) is 7.22. The quantitative estimate of drug-likeness (QED) is 0.504. The number of carbonyl (C=O) groups excluding carboxylic acids is 1. The Labute approximate surface area is 194 Å². The number of allylic oxidation sites excluding steroid dienone is 1. The largest absolute Gasteiger partial charge is 0.497 e. The molecule has 0 bridgehead atoms. The number of para-hydroxylation sites is 2. The molecule has 5 nitrogen and oxygen atoms in total. The average Bonchev–Trinajstić information content (AvgIpc) is 3.02. The van der Waals surface area contributed by atoms with Gasteiger partial charge in [-0.15, -0.1) is 0 Å². The van der Waals surface area contributed by atoms with Crippen LogP contribution < -0.4 is 20.1 Å². The zero-order chi connectivity index (χ0) is 22.8. The molecule has 0 fully saturated rings. The third kappa shape index (κ3) is 4.19. The summed E-state index contributed by atoms with van der Waals surface area (Å²) < 4.78 is 10.9. The standard InChI is InChI=1S/C28H28N2O3/c1-3-33-22-14-10-19(11-15-22)28-27-25(29-23-6-4-5-7-24(23)30-28)16-20(17-26(27)31)18-8-12-21(32-2)13-9-18/h4-15,20,28-30H,3,16-17H2,1-2H3/t20-,28-/m0/s1. The summed E-state index contributed by atoms with van der Waals surface area (Å²) in [4.78, 5) is 13.6. The van der Waals surface area contributed by atoms with Crippen LogP contribution in [0.4, 0.5) is 11.4 Å². The highest BCUT2D eigenvalue weighted by Crippen LogP contribution is 2.44. The average molecular weight is 441 g/mol. The summed E-state index contributed by atoms with van der Waals surface area (Å²) in [6, 6.07) is 24.0. The molecule has 3 aromatic rings. The highest BCUT2D eigenvalue weighted by atomic mass is 16.5. The summed E-state index contributed by atoms with van der Waals surface area (Å²) in [6.07, 6.45) is 1.26. The lowest BCUT2D eigenvalue weighted by Gasteiger charge is -2.30. The molecule has 5 rings (SSSR count). The molecule has 1 aliphatic carbocycles. The fourth-order valence-corrected chi connectivity index (χ4v) is 4.78. The molecule has 5 heteroatoms. The number of ketones is 1. The van der Waals surface area contributed by atoms with Crippen LogP contribution in [0.2, 0.25) is 0 Å². The molecular weight excluding hydrogens is 412 g/mol. The fraction of sp³-hybridized carbons (Fsp3) is 0.250. The summed E-state index contributed by atoms with van der Waals surface area (Å²) in [6.45, 7) is 2.60. The van der Waals surface area contributed by atoms with Crippen molar-refractivity contribution in [3.8, 4) is 11.5 Å². The van der Waals surface area contributed by atoms with Crippen molar-refractivity contribution in [2.75, 3.05) is 24.4 Å². The van der Waals surface area contributed by atoms with Gasteiger partial charge in [0.1, 0.15) is 11.5 Å². The van der Waals surface area contributed by atoms with E-state index in [9.17, 15) is 4.79 Å². The maximum absolute atomic E-state index is 13.6. The molecule has 0 unspecified atom stereocenters. The summed E-state index contributed by atoms with van der Waals surface area (Å²) in [5.41, 5.74) is 5.98. The lowest BCUT2D eigenvalue weighted by Crippen LogP contribution is -2.26. The molecule has 1 heterocycles. The van der Waals surface area contributed by atoms with Crippen LogP contribution >= 0.6 is 0 Å². The molecule has 0 radical (unpaired) electrons. The van der Waals surface area contributed by atoms with Crippen molar-refractivity contribution in [1.29, 1.82) is 0 Å². The number of methoxy groups -OCH3 is 1. The van der Waals surface area contributed by atoms with E-state index in [0.717, 1.165) is 51.7 Å². The Bertz CT molecular complexity index is 1180. The van der Waals surface area contributed by atoms with E-state index in [1.54, 1.807) is 7.11 Å². The highest BCUT2D eigenvalue weighted by Gasteiger charge is 2.36. The lowest BCUT2D eigenvalue weighted by atomic mass is 9.78. The lowest BCUT2D eigenvalue weighted by molar-refractivity contribution is -0.116. The minimum absolute atomic E-state index is 0.126. The second kappa shape index (κ2) is 9.02. The molecule has 0 amide bonds. The van der Waals surface area contributed by atoms with Gasteiger partial charge in [-0.1, -0.05) is 36.4 Å². The highest BCUT2D eigenvalue weighted by molar-refractivity contribution is 6.01. The molecule has 2 N–H and O–H groups in total. The van der Waals surface area contributed by atoms with Crippen LogP contribution in [-0.2, 0) is 4.79 Å². The van der Waals surface area contributed by atoms with E-state index in [1.807, 2.05) is 61.5 Å². The van der Waals surface area contributed by atoms with Crippen LogP contribution in [0.15, 0.2) is 84.1 Å². The van der Waals surface area contributed by atoms with Crippen molar-refractivity contribution in [3.63, 3.8) is 0 Å². The predicted octanol–water partition coefficient (Wildman–Crippen LogP) is 6.07. The van der Waals surface area contributed by atoms with Crippen molar-refractivity contribution in [1.82, 2.24) is 0 Å². The van der Waals surface area contributed by atoms with Gasteiger partial charge in [0.2, 0.25) is 0 Å². The van der Waals surface area contributed by atoms with E-state index >= 15 is 0 Å². The second-order valence-electron chi connectivity index (χ2n) is 8.44. The smallest absolute Gasteiger partial charge is 0.163 e. The molecule has 1 aliphatic heterocycles. The first-order chi connectivity index (χ1) is 16.2. The Morgan fingerprint density at radius 2 is 1.52 bits per heavy atom. The van der Waals surface area contributed by atoms with Crippen molar-refractivity contribution in [2.45, 2.75) is 31.7 Å². The molecule has 2 aliphatic rings. The Morgan fingerprint density at radius 1 is 0.848 bits per heavy atom. The van der Waals surface area contributed by atoms with Crippen LogP contribution in [0.5, 0.6) is 11.5 Å². The van der Waals surface area contributed by atoms with Gasteiger partial charge >= 0.3 is 0 Å². The number of rotatable bonds is 5. The van der Waals surface area contributed by atoms with E-state index in [1.165, 1.54) is 0 Å². The van der Waals surface area contributed by atoms with Crippen molar-refractivity contribution >= 4 is 17.2 Å².